The van der Waals surface area contributed by atoms with Crippen molar-refractivity contribution in [3.05, 3.63) is 35.7 Å². The van der Waals surface area contributed by atoms with Gasteiger partial charge in [-0.05, 0) is 44.0 Å². The molecule has 19 heavy (non-hydrogen) atoms. The summed E-state index contributed by atoms with van der Waals surface area (Å²) in [4.78, 5) is 8.81. The highest BCUT2D eigenvalue weighted by molar-refractivity contribution is 5.66. The third kappa shape index (κ3) is 2.84. The smallest absolute Gasteiger partial charge is 0.145 e. The monoisotopic (exact) mass is 257 g/mol. The van der Waals surface area contributed by atoms with E-state index in [-0.39, 0.29) is 0 Å². The fourth-order valence-corrected chi connectivity index (χ4v) is 2.05. The number of hydrogen-bond acceptors (Lipinski definition) is 4. The van der Waals surface area contributed by atoms with E-state index in [2.05, 4.69) is 28.3 Å². The molecule has 0 spiro atoms. The van der Waals surface area contributed by atoms with Gasteiger partial charge in [0.1, 0.15) is 11.6 Å². The number of anilines is 1. The van der Waals surface area contributed by atoms with E-state index in [0.29, 0.717) is 0 Å². The number of nitrogens with zero attached hydrogens (tertiary/aromatic N) is 2. The lowest BCUT2D eigenvalue weighted by molar-refractivity contribution is 0.411. The summed E-state index contributed by atoms with van der Waals surface area (Å²) in [5, 5.41) is 3.18. The Balaban J connectivity index is 2.46. The fraction of sp³-hybridized carbons (Fsp3) is 0.333. The molecule has 1 heterocycles. The largest absolute Gasteiger partial charge is 0.496 e. The number of rotatable bonds is 4. The molecule has 0 aliphatic heterocycles. The molecule has 0 unspecified atom stereocenters. The molecular weight excluding hydrogens is 238 g/mol. The Kier molecular flexibility index (Phi) is 4.00. The SMILES string of the molecule is CCNc1cncc(-c2cc(C)c(OC)cc2C)n1. The second-order valence-electron chi connectivity index (χ2n) is 4.46. The van der Waals surface area contributed by atoms with Crippen LogP contribution in [0.2, 0.25) is 0 Å². The van der Waals surface area contributed by atoms with Gasteiger partial charge in [-0.2, -0.15) is 0 Å². The average Bonchev–Trinajstić information content (AvgIpc) is 2.41. The number of hydrogen-bond donors (Lipinski definition) is 1. The van der Waals surface area contributed by atoms with Crippen molar-refractivity contribution in [3.63, 3.8) is 0 Å². The van der Waals surface area contributed by atoms with Crippen molar-refractivity contribution >= 4 is 5.82 Å². The second-order valence-corrected chi connectivity index (χ2v) is 4.46. The van der Waals surface area contributed by atoms with Gasteiger partial charge in [0.25, 0.3) is 0 Å². The maximum Gasteiger partial charge on any atom is 0.145 e. The maximum absolute atomic E-state index is 5.33. The highest BCUT2D eigenvalue weighted by atomic mass is 16.5. The lowest BCUT2D eigenvalue weighted by atomic mass is 10.0. The number of methoxy groups -OCH3 is 1. The molecule has 0 bridgehead atoms. The zero-order chi connectivity index (χ0) is 13.8. The highest BCUT2D eigenvalue weighted by Crippen LogP contribution is 2.29. The van der Waals surface area contributed by atoms with Crippen molar-refractivity contribution in [1.29, 1.82) is 0 Å². The molecule has 0 atom stereocenters. The molecule has 100 valence electrons. The van der Waals surface area contributed by atoms with Gasteiger partial charge < -0.3 is 10.1 Å². The molecule has 0 radical (unpaired) electrons. The number of ether oxygens (including phenoxy) is 1. The highest BCUT2D eigenvalue weighted by Gasteiger charge is 2.09. The quantitative estimate of drug-likeness (QED) is 0.913. The fourth-order valence-electron chi connectivity index (χ4n) is 2.05. The molecule has 0 aliphatic carbocycles. The van der Waals surface area contributed by atoms with Gasteiger partial charge >= 0.3 is 0 Å². The molecule has 1 aromatic carbocycles. The molecule has 0 aliphatic rings. The lowest BCUT2D eigenvalue weighted by Crippen LogP contribution is -2.01. The van der Waals surface area contributed by atoms with Crippen molar-refractivity contribution in [1.82, 2.24) is 9.97 Å². The van der Waals surface area contributed by atoms with Gasteiger partial charge in [-0.15, -0.1) is 0 Å². The predicted octanol–water partition coefficient (Wildman–Crippen LogP) is 3.20. The zero-order valence-electron chi connectivity index (χ0n) is 11.8. The van der Waals surface area contributed by atoms with Crippen LogP contribution in [0, 0.1) is 13.8 Å². The first-order valence-corrected chi connectivity index (χ1v) is 6.37. The van der Waals surface area contributed by atoms with Gasteiger partial charge in [-0.25, -0.2) is 4.98 Å². The van der Waals surface area contributed by atoms with Crippen LogP contribution < -0.4 is 10.1 Å². The van der Waals surface area contributed by atoms with Crippen LogP contribution in [0.4, 0.5) is 5.82 Å². The number of aryl methyl sites for hydroxylation is 2. The Morgan fingerprint density at radius 2 is 1.95 bits per heavy atom. The van der Waals surface area contributed by atoms with Gasteiger partial charge in [0.2, 0.25) is 0 Å². The number of nitrogens with one attached hydrogen (secondary N) is 1. The zero-order valence-corrected chi connectivity index (χ0v) is 11.8. The summed E-state index contributed by atoms with van der Waals surface area (Å²) in [6.45, 7) is 6.96. The molecule has 1 aromatic heterocycles. The molecule has 2 rings (SSSR count). The first-order chi connectivity index (χ1) is 9.15. The Morgan fingerprint density at radius 3 is 2.63 bits per heavy atom. The van der Waals surface area contributed by atoms with E-state index >= 15 is 0 Å². The van der Waals surface area contributed by atoms with E-state index < -0.39 is 0 Å². The molecular formula is C15H19N3O. The van der Waals surface area contributed by atoms with Gasteiger partial charge in [0, 0.05) is 12.1 Å². The number of aromatic nitrogens is 2. The summed E-state index contributed by atoms with van der Waals surface area (Å²) in [6.07, 6.45) is 3.52. The van der Waals surface area contributed by atoms with E-state index in [9.17, 15) is 0 Å². The molecule has 0 saturated carbocycles. The summed E-state index contributed by atoms with van der Waals surface area (Å²) >= 11 is 0. The van der Waals surface area contributed by atoms with E-state index in [4.69, 9.17) is 4.74 Å². The molecule has 0 saturated heterocycles. The molecule has 0 amide bonds. The van der Waals surface area contributed by atoms with Gasteiger partial charge in [-0.1, -0.05) is 0 Å². The van der Waals surface area contributed by atoms with Gasteiger partial charge in [0.15, 0.2) is 0 Å². The summed E-state index contributed by atoms with van der Waals surface area (Å²) in [7, 11) is 1.69. The van der Waals surface area contributed by atoms with E-state index in [0.717, 1.165) is 40.5 Å². The van der Waals surface area contributed by atoms with Crippen LogP contribution in [0.15, 0.2) is 24.5 Å². The molecule has 1 N–H and O–H groups in total. The van der Waals surface area contributed by atoms with E-state index in [1.54, 1.807) is 19.5 Å². The van der Waals surface area contributed by atoms with Crippen LogP contribution in [0.25, 0.3) is 11.3 Å². The lowest BCUT2D eigenvalue weighted by Gasteiger charge is -2.11. The van der Waals surface area contributed by atoms with E-state index in [1.165, 1.54) is 0 Å². The van der Waals surface area contributed by atoms with Gasteiger partial charge in [0.05, 0.1) is 25.2 Å². The Labute approximate surface area is 113 Å². The first-order valence-electron chi connectivity index (χ1n) is 6.37. The van der Waals surface area contributed by atoms with Crippen LogP contribution >= 0.6 is 0 Å². The number of benzene rings is 1. The minimum absolute atomic E-state index is 0.799. The molecule has 0 fully saturated rings. The average molecular weight is 257 g/mol. The van der Waals surface area contributed by atoms with Crippen molar-refractivity contribution in [2.75, 3.05) is 19.0 Å². The minimum Gasteiger partial charge on any atom is -0.496 e. The first kappa shape index (κ1) is 13.3. The van der Waals surface area contributed by atoms with E-state index in [1.807, 2.05) is 19.9 Å². The van der Waals surface area contributed by atoms with Crippen molar-refractivity contribution in [2.45, 2.75) is 20.8 Å². The second kappa shape index (κ2) is 5.69. The van der Waals surface area contributed by atoms with Crippen molar-refractivity contribution in [3.8, 4) is 17.0 Å². The molecule has 4 nitrogen and oxygen atoms in total. The van der Waals surface area contributed by atoms with Crippen LogP contribution in [-0.2, 0) is 0 Å². The topological polar surface area (TPSA) is 47.0 Å². The maximum atomic E-state index is 5.33. The molecule has 2 aromatic rings. The Hall–Kier alpha value is -2.10. The predicted molar refractivity (Wildman–Crippen MR) is 77.7 cm³/mol. The van der Waals surface area contributed by atoms with Crippen LogP contribution in [0.5, 0.6) is 5.75 Å². The third-order valence-electron chi connectivity index (χ3n) is 3.01. The van der Waals surface area contributed by atoms with Crippen molar-refractivity contribution in [2.24, 2.45) is 0 Å². The third-order valence-corrected chi connectivity index (χ3v) is 3.01. The van der Waals surface area contributed by atoms with Crippen molar-refractivity contribution < 1.29 is 4.74 Å². The Morgan fingerprint density at radius 1 is 1.16 bits per heavy atom. The van der Waals surface area contributed by atoms with Crippen LogP contribution in [0.1, 0.15) is 18.1 Å². The summed E-state index contributed by atoms with van der Waals surface area (Å²) in [5.41, 5.74) is 4.19. The normalized spacial score (nSPS) is 10.3. The standard InChI is InChI=1S/C15H19N3O/c1-5-17-15-9-16-8-13(18-15)12-6-11(3)14(19-4)7-10(12)2/h6-9H,5H2,1-4H3,(H,17,18). The summed E-state index contributed by atoms with van der Waals surface area (Å²) < 4.78 is 5.33. The molecule has 4 heteroatoms. The van der Waals surface area contributed by atoms with Crippen LogP contribution in [0.3, 0.4) is 0 Å². The van der Waals surface area contributed by atoms with Gasteiger partial charge in [-0.3, -0.25) is 4.98 Å². The summed E-state index contributed by atoms with van der Waals surface area (Å²) in [6, 6.07) is 4.13. The minimum atomic E-state index is 0.799. The van der Waals surface area contributed by atoms with Crippen LogP contribution in [-0.4, -0.2) is 23.6 Å². The summed E-state index contributed by atoms with van der Waals surface area (Å²) in [5.74, 6) is 1.70. The Bertz CT molecular complexity index is 582.